The Hall–Kier alpha value is -3.62. The van der Waals surface area contributed by atoms with E-state index in [-0.39, 0.29) is 21.9 Å². The zero-order valence-electron chi connectivity index (χ0n) is 24.8. The summed E-state index contributed by atoms with van der Waals surface area (Å²) < 4.78 is 53.9. The Kier molecular flexibility index (Phi) is 9.19. The summed E-state index contributed by atoms with van der Waals surface area (Å²) in [6, 6.07) is 8.48. The van der Waals surface area contributed by atoms with Crippen LogP contribution in [-0.2, 0) is 19.8 Å². The lowest BCUT2D eigenvalue weighted by Crippen LogP contribution is -2.57. The van der Waals surface area contributed by atoms with Gasteiger partial charge in [0.25, 0.3) is 5.91 Å². The maximum atomic E-state index is 14.3. The van der Waals surface area contributed by atoms with Crippen LogP contribution in [0.15, 0.2) is 54.7 Å². The highest BCUT2D eigenvalue weighted by atomic mass is 32.1. The Labute approximate surface area is 269 Å². The molecule has 0 radical (unpaired) electrons. The van der Waals surface area contributed by atoms with E-state index in [1.807, 2.05) is 0 Å². The van der Waals surface area contributed by atoms with Gasteiger partial charge in [0.1, 0.15) is 17.9 Å². The summed E-state index contributed by atoms with van der Waals surface area (Å²) in [6.45, 7) is 5.55. The number of carbonyl (C=O) groups excluding carboxylic acids is 3. The summed E-state index contributed by atoms with van der Waals surface area (Å²) in [5, 5.41) is 5.97. The van der Waals surface area contributed by atoms with Crippen molar-refractivity contribution in [1.82, 2.24) is 15.2 Å². The number of thiophene rings is 1. The monoisotopic (exact) mass is 694 g/mol. The Balaban J connectivity index is 1.31. The Morgan fingerprint density at radius 1 is 1.09 bits per heavy atom. The Morgan fingerprint density at radius 2 is 1.83 bits per heavy atom. The number of anilines is 1. The van der Waals surface area contributed by atoms with Crippen LogP contribution in [0.25, 0.3) is 20.5 Å². The molecular formula is C30H30F3N4O6PS2. The van der Waals surface area contributed by atoms with Crippen LogP contribution in [0.4, 0.5) is 18.3 Å². The second-order valence-corrected chi connectivity index (χ2v) is 15.7. The van der Waals surface area contributed by atoms with Crippen molar-refractivity contribution in [3.8, 4) is 10.4 Å². The first-order chi connectivity index (χ1) is 21.5. The molecule has 0 spiro atoms. The molecule has 1 saturated heterocycles. The number of nitrogens with one attached hydrogen (secondary N) is 2. The van der Waals surface area contributed by atoms with Crippen molar-refractivity contribution in [3.63, 3.8) is 0 Å². The number of likely N-dealkylation sites (tertiary alicyclic amines) is 1. The van der Waals surface area contributed by atoms with Crippen molar-refractivity contribution >= 4 is 63.2 Å². The molecule has 1 aliphatic rings. The van der Waals surface area contributed by atoms with Crippen molar-refractivity contribution in [2.75, 3.05) is 11.9 Å². The number of aromatic nitrogens is 1. The quantitative estimate of drug-likeness (QED) is 0.161. The van der Waals surface area contributed by atoms with Crippen molar-refractivity contribution in [2.45, 2.75) is 51.4 Å². The molecule has 0 unspecified atom stereocenters. The van der Waals surface area contributed by atoms with Crippen molar-refractivity contribution in [2.24, 2.45) is 5.41 Å². The summed E-state index contributed by atoms with van der Waals surface area (Å²) in [7, 11) is -5.78. The van der Waals surface area contributed by atoms with Crippen molar-refractivity contribution in [1.29, 1.82) is 0 Å². The van der Waals surface area contributed by atoms with Gasteiger partial charge in [-0.3, -0.25) is 18.9 Å². The number of halogens is 3. The van der Waals surface area contributed by atoms with E-state index in [2.05, 4.69) is 15.6 Å². The number of rotatable bonds is 8. The molecule has 3 amide bonds. The molecule has 1 aliphatic heterocycles. The molecule has 0 saturated carbocycles. The van der Waals surface area contributed by atoms with Crippen LogP contribution in [0, 0.1) is 11.2 Å². The smallest absolute Gasteiger partial charge is 0.339 e. The second-order valence-electron chi connectivity index (χ2n) is 11.9. The van der Waals surface area contributed by atoms with Gasteiger partial charge in [-0.15, -0.1) is 11.3 Å². The van der Waals surface area contributed by atoms with E-state index < -0.39 is 59.9 Å². The molecular weight excluding hydrogens is 664 g/mol. The van der Waals surface area contributed by atoms with Gasteiger partial charge in [0.05, 0.1) is 9.75 Å². The molecule has 5 rings (SSSR count). The fourth-order valence-electron chi connectivity index (χ4n) is 5.13. The highest BCUT2D eigenvalue weighted by Gasteiger charge is 2.50. The zero-order chi connectivity index (χ0) is 33.6. The minimum Gasteiger partial charge on any atom is -0.339 e. The number of amides is 3. The highest BCUT2D eigenvalue weighted by molar-refractivity contribution is 7.52. The van der Waals surface area contributed by atoms with Crippen molar-refractivity contribution in [3.05, 3.63) is 71.0 Å². The molecule has 1 fully saturated rings. The predicted octanol–water partition coefficient (Wildman–Crippen LogP) is 6.17. The number of fused-ring (bicyclic) bond motifs is 1. The van der Waals surface area contributed by atoms with Gasteiger partial charge >= 0.3 is 13.3 Å². The minimum absolute atomic E-state index is 0.0993. The van der Waals surface area contributed by atoms with E-state index in [1.165, 1.54) is 35.4 Å². The highest BCUT2D eigenvalue weighted by Crippen LogP contribution is 2.59. The first kappa shape index (κ1) is 33.7. The van der Waals surface area contributed by atoms with Gasteiger partial charge in [-0.1, -0.05) is 50.3 Å². The van der Waals surface area contributed by atoms with Gasteiger partial charge in [-0.2, -0.15) is 8.78 Å². The molecule has 4 aromatic rings. The molecule has 0 aliphatic carbocycles. The lowest BCUT2D eigenvalue weighted by Gasteiger charge is -2.35. The summed E-state index contributed by atoms with van der Waals surface area (Å²) in [6.07, 6.45) is 2.47. The maximum Gasteiger partial charge on any atom is 0.399 e. The molecule has 46 heavy (non-hydrogen) atoms. The van der Waals surface area contributed by atoms with Crippen LogP contribution in [-0.4, -0.2) is 56.0 Å². The first-order valence-electron chi connectivity index (χ1n) is 14.1. The molecule has 0 bridgehead atoms. The fraction of sp³-hybridized carbons (Fsp3) is 0.333. The van der Waals surface area contributed by atoms with E-state index in [1.54, 1.807) is 32.9 Å². The average Bonchev–Trinajstić information content (AvgIpc) is 3.73. The Bertz CT molecular complexity index is 1870. The van der Waals surface area contributed by atoms with Gasteiger partial charge in [-0.05, 0) is 59.5 Å². The number of carbonyl (C=O) groups is 3. The average molecular weight is 695 g/mol. The van der Waals surface area contributed by atoms with E-state index >= 15 is 0 Å². The topological polar surface area (TPSA) is 149 Å². The third kappa shape index (κ3) is 6.88. The third-order valence-corrected chi connectivity index (χ3v) is 10.6. The Morgan fingerprint density at radius 3 is 2.50 bits per heavy atom. The molecule has 244 valence electrons. The number of hydrogen-bond donors (Lipinski definition) is 4. The van der Waals surface area contributed by atoms with Crippen LogP contribution in [0.2, 0.25) is 0 Å². The summed E-state index contributed by atoms with van der Waals surface area (Å²) in [5.74, 6) is -1.97. The van der Waals surface area contributed by atoms with Crippen LogP contribution in [0.1, 0.15) is 48.8 Å². The maximum absolute atomic E-state index is 14.3. The third-order valence-electron chi connectivity index (χ3n) is 7.53. The standard InChI is InChI=1S/C30H30F3N4O6PS2/c1-29(2,3)24(35-26(39)22-14-17-12-18(9-10-21(17)45-22)30(32,33)44(41,42)43)27(40)37-11-5-8-20(37)25(38)36-28-34-15-23(46-28)16-6-4-7-19(31)13-16/h4,6-7,9-10,12-15,20,24H,5,8,11H2,1-3H3,(H,35,39)(H,34,36,38)(H2,41,42,43)/t20-,24+/m0/s1. The second kappa shape index (κ2) is 12.5. The fourth-order valence-corrected chi connectivity index (χ4v) is 7.36. The number of thiazole rings is 1. The summed E-state index contributed by atoms with van der Waals surface area (Å²) in [4.78, 5) is 65.2. The van der Waals surface area contributed by atoms with Gasteiger partial charge < -0.3 is 25.3 Å². The molecule has 2 aromatic heterocycles. The van der Waals surface area contributed by atoms with E-state index in [9.17, 15) is 32.1 Å². The van der Waals surface area contributed by atoms with Crippen LogP contribution >= 0.6 is 30.3 Å². The number of benzene rings is 2. The minimum atomic E-state index is -5.78. The SMILES string of the molecule is CC(C)(C)[C@H](NC(=O)c1cc2cc(C(F)(F)P(=O)(O)O)ccc2s1)C(=O)N1CCC[C@H]1C(=O)Nc1ncc(-c2cccc(F)c2)s1. The van der Waals surface area contributed by atoms with E-state index in [4.69, 9.17) is 9.79 Å². The van der Waals surface area contributed by atoms with Gasteiger partial charge in [0.15, 0.2) is 5.13 Å². The zero-order valence-corrected chi connectivity index (χ0v) is 27.3. The van der Waals surface area contributed by atoms with Crippen LogP contribution in [0.5, 0.6) is 0 Å². The van der Waals surface area contributed by atoms with Crippen LogP contribution in [0.3, 0.4) is 0 Å². The molecule has 2 atom stereocenters. The van der Waals surface area contributed by atoms with E-state index in [0.717, 1.165) is 34.8 Å². The molecule has 4 N–H and O–H groups in total. The molecule has 16 heteroatoms. The molecule has 3 heterocycles. The van der Waals surface area contributed by atoms with Crippen molar-refractivity contribution < 1.29 is 41.9 Å². The molecule has 2 aromatic carbocycles. The number of hydrogen-bond acceptors (Lipinski definition) is 7. The lowest BCUT2D eigenvalue weighted by molar-refractivity contribution is -0.140. The van der Waals surface area contributed by atoms with Gasteiger partial charge in [0.2, 0.25) is 11.8 Å². The first-order valence-corrected chi connectivity index (χ1v) is 17.3. The number of nitrogens with zero attached hydrogens (tertiary/aromatic N) is 2. The van der Waals surface area contributed by atoms with Crippen LogP contribution < -0.4 is 10.6 Å². The predicted molar refractivity (Wildman–Crippen MR) is 169 cm³/mol. The molecule has 10 nitrogen and oxygen atoms in total. The van der Waals surface area contributed by atoms with Gasteiger partial charge in [0, 0.05) is 23.0 Å². The normalized spacial score (nSPS) is 16.4. The number of alkyl halides is 2. The summed E-state index contributed by atoms with van der Waals surface area (Å²) >= 11 is 2.13. The summed E-state index contributed by atoms with van der Waals surface area (Å²) in [5.41, 5.74) is -5.47. The largest absolute Gasteiger partial charge is 0.399 e. The van der Waals surface area contributed by atoms with E-state index in [0.29, 0.717) is 28.0 Å². The lowest BCUT2D eigenvalue weighted by atomic mass is 9.85. The van der Waals surface area contributed by atoms with Gasteiger partial charge in [-0.25, -0.2) is 9.37 Å².